The summed E-state index contributed by atoms with van der Waals surface area (Å²) in [5.41, 5.74) is -1.18. The first-order valence-electron chi connectivity index (χ1n) is 4.34. The van der Waals surface area contributed by atoms with Crippen molar-refractivity contribution in [2.45, 2.75) is 32.5 Å². The van der Waals surface area contributed by atoms with Gasteiger partial charge in [0.2, 0.25) is 0 Å². The Hall–Kier alpha value is -0.520. The summed E-state index contributed by atoms with van der Waals surface area (Å²) in [4.78, 5) is 0. The minimum Gasteiger partial charge on any atom is -0.389 e. The molecule has 66 valence electrons. The molecule has 0 aromatic heterocycles. The molecule has 2 nitrogen and oxygen atoms in total. The van der Waals surface area contributed by atoms with Crippen LogP contribution < -0.4 is 0 Å². The molecule has 1 fully saturated rings. The molecule has 0 amide bonds. The van der Waals surface area contributed by atoms with Crippen LogP contribution in [0, 0.1) is 29.1 Å². The summed E-state index contributed by atoms with van der Waals surface area (Å²) in [6, 6.07) is 0. The van der Waals surface area contributed by atoms with Crippen LogP contribution in [-0.2, 0) is 0 Å². The maximum Gasteiger partial charge on any atom is 0.112 e. The minimum atomic E-state index is -0.947. The second-order valence-corrected chi connectivity index (χ2v) is 4.50. The van der Waals surface area contributed by atoms with E-state index in [0.29, 0.717) is 0 Å². The Balaban J connectivity index is 2.40. The van der Waals surface area contributed by atoms with Crippen molar-refractivity contribution in [3.63, 3.8) is 0 Å². The fraction of sp³-hybridized carbons (Fsp3) is 0.800. The van der Waals surface area contributed by atoms with Gasteiger partial charge in [-0.15, -0.1) is 0 Å². The van der Waals surface area contributed by atoms with Crippen LogP contribution in [0.15, 0.2) is 0 Å². The first-order valence-corrected chi connectivity index (χ1v) is 4.34. The third-order valence-corrected chi connectivity index (χ3v) is 3.49. The van der Waals surface area contributed by atoms with Gasteiger partial charge in [-0.05, 0) is 6.92 Å². The quantitative estimate of drug-likeness (QED) is 0.511. The molecular weight excluding hydrogens is 152 g/mol. The molecular formula is C10H14O2. The predicted molar refractivity (Wildman–Crippen MR) is 45.2 cm³/mol. The molecule has 0 heterocycles. The summed E-state index contributed by atoms with van der Waals surface area (Å²) in [7, 11) is 0. The van der Waals surface area contributed by atoms with Crippen LogP contribution in [0.1, 0.15) is 20.8 Å². The van der Waals surface area contributed by atoms with Gasteiger partial charge in [0.15, 0.2) is 0 Å². The summed E-state index contributed by atoms with van der Waals surface area (Å²) < 4.78 is 0. The normalized spacial score (nSPS) is 53.6. The van der Waals surface area contributed by atoms with E-state index in [0.717, 1.165) is 0 Å². The molecule has 2 heteroatoms. The van der Waals surface area contributed by atoms with Gasteiger partial charge in [0.25, 0.3) is 0 Å². The Morgan fingerprint density at radius 1 is 1.25 bits per heavy atom. The number of aliphatic hydroxyl groups is 2. The van der Waals surface area contributed by atoms with E-state index in [1.165, 1.54) is 0 Å². The van der Waals surface area contributed by atoms with Crippen molar-refractivity contribution in [1.82, 2.24) is 0 Å². The molecule has 0 radical (unpaired) electrons. The highest BCUT2D eigenvalue weighted by Gasteiger charge is 2.75. The van der Waals surface area contributed by atoms with Gasteiger partial charge in [0.1, 0.15) is 5.60 Å². The van der Waals surface area contributed by atoms with E-state index in [2.05, 4.69) is 11.8 Å². The fourth-order valence-corrected chi connectivity index (χ4v) is 2.29. The van der Waals surface area contributed by atoms with E-state index in [4.69, 9.17) is 0 Å². The Morgan fingerprint density at radius 3 is 2.33 bits per heavy atom. The average Bonchev–Trinajstić information content (AvgIpc) is 2.42. The predicted octanol–water partition coefficient (Wildman–Crippen LogP) is 0.388. The largest absolute Gasteiger partial charge is 0.389 e. The van der Waals surface area contributed by atoms with E-state index in [1.54, 1.807) is 0 Å². The van der Waals surface area contributed by atoms with E-state index in [1.807, 2.05) is 20.8 Å². The molecule has 0 aromatic carbocycles. The molecule has 2 aliphatic carbocycles. The van der Waals surface area contributed by atoms with Crippen LogP contribution in [0.25, 0.3) is 0 Å². The molecule has 4 atom stereocenters. The average molecular weight is 166 g/mol. The number of hydrogen-bond donors (Lipinski definition) is 2. The third kappa shape index (κ3) is 0.608. The van der Waals surface area contributed by atoms with Gasteiger partial charge in [0.05, 0.1) is 12.0 Å². The van der Waals surface area contributed by atoms with E-state index < -0.39 is 11.7 Å². The molecule has 4 unspecified atom stereocenters. The third-order valence-electron chi connectivity index (χ3n) is 3.49. The van der Waals surface area contributed by atoms with Crippen LogP contribution in [0.4, 0.5) is 0 Å². The molecule has 0 aliphatic heterocycles. The number of hydrogen-bond acceptors (Lipinski definition) is 2. The molecule has 2 N–H and O–H groups in total. The monoisotopic (exact) mass is 166 g/mol. The van der Waals surface area contributed by atoms with Crippen molar-refractivity contribution < 1.29 is 10.2 Å². The maximum atomic E-state index is 10.1. The van der Waals surface area contributed by atoms with Crippen LogP contribution in [-0.4, -0.2) is 21.9 Å². The topological polar surface area (TPSA) is 40.5 Å². The van der Waals surface area contributed by atoms with E-state index >= 15 is 0 Å². The van der Waals surface area contributed by atoms with Crippen LogP contribution in [0.5, 0.6) is 0 Å². The summed E-state index contributed by atoms with van der Waals surface area (Å²) >= 11 is 0. The lowest BCUT2D eigenvalue weighted by Gasteiger charge is -2.24. The highest BCUT2D eigenvalue weighted by Crippen LogP contribution is 2.65. The summed E-state index contributed by atoms with van der Waals surface area (Å²) in [5, 5.41) is 19.8. The molecule has 2 aliphatic rings. The van der Waals surface area contributed by atoms with Gasteiger partial charge in [0, 0.05) is 11.3 Å². The van der Waals surface area contributed by atoms with Crippen LogP contribution >= 0.6 is 0 Å². The molecule has 12 heavy (non-hydrogen) atoms. The van der Waals surface area contributed by atoms with Crippen LogP contribution in [0.2, 0.25) is 0 Å². The van der Waals surface area contributed by atoms with Crippen molar-refractivity contribution in [2.75, 3.05) is 0 Å². The van der Waals surface area contributed by atoms with Gasteiger partial charge < -0.3 is 10.2 Å². The van der Waals surface area contributed by atoms with Crippen molar-refractivity contribution in [3.8, 4) is 11.8 Å². The smallest absolute Gasteiger partial charge is 0.112 e. The fourth-order valence-electron chi connectivity index (χ4n) is 2.29. The van der Waals surface area contributed by atoms with Gasteiger partial charge in [-0.3, -0.25) is 0 Å². The highest BCUT2D eigenvalue weighted by molar-refractivity contribution is 5.38. The van der Waals surface area contributed by atoms with Crippen molar-refractivity contribution in [1.29, 1.82) is 0 Å². The minimum absolute atomic E-state index is 0.0313. The SMILES string of the molecule is CC1C#CC2C(C)(C)C2(O)C1O. The molecule has 0 spiro atoms. The maximum absolute atomic E-state index is 10.1. The molecule has 2 rings (SSSR count). The Kier molecular flexibility index (Phi) is 1.26. The summed E-state index contributed by atoms with van der Waals surface area (Å²) in [5.74, 6) is 5.82. The Bertz CT molecular complexity index is 284. The Morgan fingerprint density at radius 2 is 1.83 bits per heavy atom. The van der Waals surface area contributed by atoms with Crippen molar-refractivity contribution in [3.05, 3.63) is 0 Å². The lowest BCUT2D eigenvalue weighted by molar-refractivity contribution is -0.0456. The van der Waals surface area contributed by atoms with Gasteiger partial charge in [-0.25, -0.2) is 0 Å². The van der Waals surface area contributed by atoms with Crippen LogP contribution in [0.3, 0.4) is 0 Å². The number of aliphatic hydroxyl groups excluding tert-OH is 1. The van der Waals surface area contributed by atoms with Crippen molar-refractivity contribution >= 4 is 0 Å². The van der Waals surface area contributed by atoms with Gasteiger partial charge in [-0.2, -0.15) is 0 Å². The second-order valence-electron chi connectivity index (χ2n) is 4.50. The molecule has 0 saturated heterocycles. The number of rotatable bonds is 0. The zero-order valence-electron chi connectivity index (χ0n) is 7.63. The lowest BCUT2D eigenvalue weighted by Crippen LogP contribution is -2.39. The standard InChI is InChI=1S/C10H14O2/c1-6-4-5-7-9(2,3)10(7,12)8(6)11/h6-8,11-12H,1-3H3. The zero-order chi connectivity index (χ0) is 9.15. The lowest BCUT2D eigenvalue weighted by atomic mass is 9.91. The first kappa shape index (κ1) is 8.10. The summed E-state index contributed by atoms with van der Waals surface area (Å²) in [6.07, 6.45) is -0.682. The number of fused-ring (bicyclic) bond motifs is 1. The molecule has 0 aromatic rings. The second kappa shape index (κ2) is 1.86. The molecule has 1 saturated carbocycles. The zero-order valence-corrected chi connectivity index (χ0v) is 7.63. The highest BCUT2D eigenvalue weighted by atomic mass is 16.4. The summed E-state index contributed by atoms with van der Waals surface area (Å²) in [6.45, 7) is 5.75. The van der Waals surface area contributed by atoms with Gasteiger partial charge >= 0.3 is 0 Å². The molecule has 0 bridgehead atoms. The van der Waals surface area contributed by atoms with E-state index in [-0.39, 0.29) is 17.3 Å². The first-order chi connectivity index (χ1) is 5.42. The Labute approximate surface area is 72.6 Å². The van der Waals surface area contributed by atoms with Crippen molar-refractivity contribution in [2.24, 2.45) is 17.3 Å². The van der Waals surface area contributed by atoms with E-state index in [9.17, 15) is 10.2 Å². The van der Waals surface area contributed by atoms with Gasteiger partial charge in [-0.1, -0.05) is 25.7 Å².